The molecule has 0 rings (SSSR count). The smallest absolute Gasteiger partial charge is 0.299 e. The van der Waals surface area contributed by atoms with E-state index in [-0.39, 0.29) is 33.7 Å². The molecule has 0 bridgehead atoms. The van der Waals surface area contributed by atoms with E-state index in [1.807, 2.05) is 0 Å². The Kier molecular flexibility index (Phi) is 22.4. The molecule has 7 heteroatoms. The normalized spacial score (nSPS) is 11.0. The summed E-state index contributed by atoms with van der Waals surface area (Å²) in [6.07, 6.45) is 9.59. The van der Waals surface area contributed by atoms with Crippen molar-refractivity contribution in [2.75, 3.05) is 14.2 Å². The van der Waals surface area contributed by atoms with Crippen molar-refractivity contribution in [3.8, 4) is 0 Å². The van der Waals surface area contributed by atoms with E-state index in [1.165, 1.54) is 39.9 Å². The minimum Gasteiger partial charge on any atom is -0.299 e. The second-order valence-corrected chi connectivity index (χ2v) is 9.49. The SMILES string of the molecule is COOC(=O)CCCCCC(C)(C)C.COOC(=O)CCCCCC(C)(C)C.[Ti]. The van der Waals surface area contributed by atoms with Gasteiger partial charge in [0.1, 0.15) is 0 Å². The minimum atomic E-state index is -0.275. The van der Waals surface area contributed by atoms with Crippen molar-refractivity contribution in [3.63, 3.8) is 0 Å². The monoisotopic (exact) mass is 452 g/mol. The Morgan fingerprint density at radius 1 is 0.586 bits per heavy atom. The first-order valence-corrected chi connectivity index (χ1v) is 10.4. The van der Waals surface area contributed by atoms with Crippen LogP contribution in [0.25, 0.3) is 0 Å². The van der Waals surface area contributed by atoms with Gasteiger partial charge in [-0.1, -0.05) is 67.2 Å². The van der Waals surface area contributed by atoms with Gasteiger partial charge < -0.3 is 0 Å². The first-order chi connectivity index (χ1) is 12.9. The summed E-state index contributed by atoms with van der Waals surface area (Å²) < 4.78 is 0. The van der Waals surface area contributed by atoms with Gasteiger partial charge in [-0.25, -0.2) is 9.59 Å². The zero-order valence-electron chi connectivity index (χ0n) is 20.0. The summed E-state index contributed by atoms with van der Waals surface area (Å²) >= 11 is 0. The zero-order valence-corrected chi connectivity index (χ0v) is 21.6. The molecule has 0 amide bonds. The quantitative estimate of drug-likeness (QED) is 0.153. The average Bonchev–Trinajstić information content (AvgIpc) is 2.53. The fraction of sp³-hybridized carbons (Fsp3) is 0.909. The topological polar surface area (TPSA) is 71.1 Å². The van der Waals surface area contributed by atoms with Crippen LogP contribution in [0.1, 0.15) is 106 Å². The maximum absolute atomic E-state index is 10.9. The summed E-state index contributed by atoms with van der Waals surface area (Å²) in [6.45, 7) is 13.4. The molecule has 6 nitrogen and oxygen atoms in total. The molecule has 0 saturated heterocycles. The molecule has 172 valence electrons. The number of unbranched alkanes of at least 4 members (excludes halogenated alkanes) is 4. The van der Waals surface area contributed by atoms with Gasteiger partial charge in [-0.15, -0.1) is 0 Å². The van der Waals surface area contributed by atoms with Crippen molar-refractivity contribution in [2.45, 2.75) is 106 Å². The summed E-state index contributed by atoms with van der Waals surface area (Å²) in [5.74, 6) is -0.550. The Balaban J connectivity index is -0.000000451. The summed E-state index contributed by atoms with van der Waals surface area (Å²) in [5, 5.41) is 0. The fourth-order valence-corrected chi connectivity index (χ4v) is 2.47. The predicted octanol–water partition coefficient (Wildman–Crippen LogP) is 6.17. The van der Waals surface area contributed by atoms with Crippen LogP contribution >= 0.6 is 0 Å². The zero-order chi connectivity index (χ0) is 22.1. The summed E-state index contributed by atoms with van der Waals surface area (Å²) in [4.78, 5) is 38.9. The molecule has 0 radical (unpaired) electrons. The van der Waals surface area contributed by atoms with Crippen molar-refractivity contribution >= 4 is 11.9 Å². The molecular formula is C22H44O6Ti. The molecule has 0 atom stereocenters. The van der Waals surface area contributed by atoms with Gasteiger partial charge in [0, 0.05) is 34.6 Å². The van der Waals surface area contributed by atoms with Crippen LogP contribution in [-0.4, -0.2) is 26.2 Å². The molecule has 0 aliphatic rings. The van der Waals surface area contributed by atoms with E-state index in [2.05, 4.69) is 61.1 Å². The Hall–Kier alpha value is -0.426. The van der Waals surface area contributed by atoms with Gasteiger partial charge in [-0.05, 0) is 36.5 Å². The van der Waals surface area contributed by atoms with E-state index >= 15 is 0 Å². The summed E-state index contributed by atoms with van der Waals surface area (Å²) in [6, 6.07) is 0. The molecule has 0 aliphatic carbocycles. The Morgan fingerprint density at radius 3 is 1.14 bits per heavy atom. The van der Waals surface area contributed by atoms with E-state index in [1.54, 1.807) is 0 Å². The molecule has 0 fully saturated rings. The Labute approximate surface area is 193 Å². The molecule has 0 N–H and O–H groups in total. The van der Waals surface area contributed by atoms with Crippen molar-refractivity contribution in [1.29, 1.82) is 0 Å². The van der Waals surface area contributed by atoms with Crippen LogP contribution in [0.3, 0.4) is 0 Å². The maximum Gasteiger partial charge on any atom is 0.342 e. The Bertz CT molecular complexity index is 361. The van der Waals surface area contributed by atoms with Crippen LogP contribution in [0.4, 0.5) is 0 Å². The first-order valence-electron chi connectivity index (χ1n) is 10.4. The average molecular weight is 452 g/mol. The predicted molar refractivity (Wildman–Crippen MR) is 111 cm³/mol. The van der Waals surface area contributed by atoms with Gasteiger partial charge in [0.25, 0.3) is 0 Å². The molecule has 0 spiro atoms. The third kappa shape index (κ3) is 32.5. The van der Waals surface area contributed by atoms with Gasteiger partial charge in [-0.3, -0.25) is 9.78 Å². The third-order valence-electron chi connectivity index (χ3n) is 3.97. The molecular weight excluding hydrogens is 408 g/mol. The standard InChI is InChI=1S/2C11H22O3.Ti/c2*1-11(2,3)9-7-5-6-8-10(12)14-13-4;/h2*5-9H2,1-4H3;. The Morgan fingerprint density at radius 2 is 0.897 bits per heavy atom. The minimum absolute atomic E-state index is 0. The van der Waals surface area contributed by atoms with E-state index < -0.39 is 0 Å². The summed E-state index contributed by atoms with van der Waals surface area (Å²) in [5.41, 5.74) is 0.792. The molecule has 0 heterocycles. The molecule has 0 aromatic rings. The van der Waals surface area contributed by atoms with E-state index in [0.717, 1.165) is 25.7 Å². The van der Waals surface area contributed by atoms with Crippen LogP contribution in [0.2, 0.25) is 0 Å². The number of hydrogen-bond acceptors (Lipinski definition) is 6. The van der Waals surface area contributed by atoms with E-state index in [0.29, 0.717) is 23.7 Å². The van der Waals surface area contributed by atoms with Crippen molar-refractivity contribution < 1.29 is 50.9 Å². The van der Waals surface area contributed by atoms with Crippen LogP contribution in [0.5, 0.6) is 0 Å². The first kappa shape index (κ1) is 33.2. The van der Waals surface area contributed by atoms with Gasteiger partial charge >= 0.3 is 11.9 Å². The summed E-state index contributed by atoms with van der Waals surface area (Å²) in [7, 11) is 2.69. The molecule has 0 unspecified atom stereocenters. The van der Waals surface area contributed by atoms with Crippen molar-refractivity contribution in [1.82, 2.24) is 0 Å². The number of carbonyl (C=O) groups is 2. The second-order valence-electron chi connectivity index (χ2n) is 9.49. The third-order valence-corrected chi connectivity index (χ3v) is 3.97. The maximum atomic E-state index is 10.9. The molecule has 0 aliphatic heterocycles. The number of rotatable bonds is 12. The number of hydrogen-bond donors (Lipinski definition) is 0. The fourth-order valence-electron chi connectivity index (χ4n) is 2.47. The molecule has 0 aromatic heterocycles. The molecule has 0 aromatic carbocycles. The molecule has 0 saturated carbocycles. The van der Waals surface area contributed by atoms with Gasteiger partial charge in [0.2, 0.25) is 0 Å². The van der Waals surface area contributed by atoms with Gasteiger partial charge in [-0.2, -0.15) is 9.78 Å². The van der Waals surface area contributed by atoms with Crippen LogP contribution < -0.4 is 0 Å². The molecule has 29 heavy (non-hydrogen) atoms. The second kappa shape index (κ2) is 19.5. The van der Waals surface area contributed by atoms with E-state index in [9.17, 15) is 9.59 Å². The van der Waals surface area contributed by atoms with Gasteiger partial charge in [0.15, 0.2) is 0 Å². The van der Waals surface area contributed by atoms with Gasteiger partial charge in [0.05, 0.1) is 14.2 Å². The van der Waals surface area contributed by atoms with Crippen LogP contribution in [0, 0.1) is 10.8 Å². The van der Waals surface area contributed by atoms with Crippen LogP contribution in [0.15, 0.2) is 0 Å². The van der Waals surface area contributed by atoms with Crippen LogP contribution in [-0.2, 0) is 50.9 Å². The van der Waals surface area contributed by atoms with Crippen molar-refractivity contribution in [3.05, 3.63) is 0 Å². The number of carbonyl (C=O) groups excluding carboxylic acids is 2. The van der Waals surface area contributed by atoms with E-state index in [4.69, 9.17) is 0 Å². The largest absolute Gasteiger partial charge is 0.342 e. The van der Waals surface area contributed by atoms with Crippen molar-refractivity contribution in [2.24, 2.45) is 10.8 Å².